The third-order valence-corrected chi connectivity index (χ3v) is 3.41. The number of benzene rings is 1. The number of rotatable bonds is 1. The van der Waals surface area contributed by atoms with Crippen molar-refractivity contribution in [2.45, 2.75) is 0 Å². The van der Waals surface area contributed by atoms with Crippen molar-refractivity contribution < 1.29 is 9.47 Å². The Bertz CT molecular complexity index is 664. The van der Waals surface area contributed by atoms with Crippen molar-refractivity contribution in [1.29, 1.82) is 0 Å². The summed E-state index contributed by atoms with van der Waals surface area (Å²) in [5, 5.41) is 3.81. The number of fused-ring (bicyclic) bond motifs is 2. The van der Waals surface area contributed by atoms with Gasteiger partial charge in [0, 0.05) is 12.1 Å². The van der Waals surface area contributed by atoms with Crippen LogP contribution in [0.2, 0.25) is 0 Å². The summed E-state index contributed by atoms with van der Waals surface area (Å²) in [6.07, 6.45) is 1.69. The fourth-order valence-electron chi connectivity index (χ4n) is 1.93. The fourth-order valence-corrected chi connectivity index (χ4v) is 2.39. The summed E-state index contributed by atoms with van der Waals surface area (Å²) in [5.41, 5.74) is 1.77. The first-order valence-corrected chi connectivity index (χ1v) is 6.24. The predicted molar refractivity (Wildman–Crippen MR) is 66.0 cm³/mol. The zero-order valence-corrected chi connectivity index (χ0v) is 10.0. The maximum atomic E-state index is 5.54. The SMILES string of the molecule is c1nnsc1-c1nc2cc3c(cc2[nH]1)OCCO3. The van der Waals surface area contributed by atoms with Gasteiger partial charge < -0.3 is 14.5 Å². The van der Waals surface area contributed by atoms with Crippen LogP contribution in [0.25, 0.3) is 21.7 Å². The van der Waals surface area contributed by atoms with Crippen LogP contribution in [0, 0.1) is 0 Å². The molecular weight excluding hydrogens is 252 g/mol. The van der Waals surface area contributed by atoms with Gasteiger partial charge in [0.15, 0.2) is 17.3 Å². The smallest absolute Gasteiger partial charge is 0.163 e. The molecular formula is C11H8N4O2S. The molecule has 0 atom stereocenters. The van der Waals surface area contributed by atoms with Crippen molar-refractivity contribution in [2.75, 3.05) is 13.2 Å². The minimum atomic E-state index is 0.578. The number of H-pyrrole nitrogens is 1. The van der Waals surface area contributed by atoms with E-state index < -0.39 is 0 Å². The Morgan fingerprint density at radius 3 is 2.78 bits per heavy atom. The molecule has 0 unspecified atom stereocenters. The van der Waals surface area contributed by atoms with Gasteiger partial charge in [0.25, 0.3) is 0 Å². The van der Waals surface area contributed by atoms with Crippen LogP contribution in [0.4, 0.5) is 0 Å². The van der Waals surface area contributed by atoms with Crippen LogP contribution in [0.5, 0.6) is 11.5 Å². The average Bonchev–Trinajstić information content (AvgIpc) is 3.04. The molecule has 4 rings (SSSR count). The maximum absolute atomic E-state index is 5.54. The molecule has 7 heteroatoms. The monoisotopic (exact) mass is 260 g/mol. The molecule has 1 aromatic carbocycles. The molecule has 1 aliphatic heterocycles. The Morgan fingerprint density at radius 2 is 2.00 bits per heavy atom. The van der Waals surface area contributed by atoms with Gasteiger partial charge in [-0.1, -0.05) is 4.49 Å². The number of ether oxygens (including phenoxy) is 2. The molecule has 3 heterocycles. The van der Waals surface area contributed by atoms with E-state index in [1.165, 1.54) is 11.5 Å². The Morgan fingerprint density at radius 1 is 1.17 bits per heavy atom. The standard InChI is InChI=1S/C11H8N4O2S/c1-2-17-9-4-7-6(3-8(9)16-1)13-11(14-7)10-5-12-15-18-10/h3-5H,1-2H2,(H,13,14). The van der Waals surface area contributed by atoms with Crippen molar-refractivity contribution in [3.8, 4) is 22.2 Å². The minimum absolute atomic E-state index is 0.578. The molecule has 0 amide bonds. The summed E-state index contributed by atoms with van der Waals surface area (Å²) >= 11 is 1.31. The second kappa shape index (κ2) is 3.67. The van der Waals surface area contributed by atoms with E-state index in [2.05, 4.69) is 19.6 Å². The molecule has 0 saturated heterocycles. The zero-order valence-electron chi connectivity index (χ0n) is 9.21. The molecule has 6 nitrogen and oxygen atoms in total. The normalized spacial score (nSPS) is 14.0. The highest BCUT2D eigenvalue weighted by molar-refractivity contribution is 7.09. The Balaban J connectivity index is 1.90. The summed E-state index contributed by atoms with van der Waals surface area (Å²) in [7, 11) is 0. The Kier molecular flexibility index (Phi) is 2.01. The second-order valence-electron chi connectivity index (χ2n) is 3.88. The number of hydrogen-bond donors (Lipinski definition) is 1. The van der Waals surface area contributed by atoms with Crippen LogP contribution < -0.4 is 9.47 Å². The number of aromatic nitrogens is 4. The average molecular weight is 260 g/mol. The lowest BCUT2D eigenvalue weighted by molar-refractivity contribution is 0.172. The highest BCUT2D eigenvalue weighted by Gasteiger charge is 2.15. The summed E-state index contributed by atoms with van der Waals surface area (Å²) in [4.78, 5) is 8.64. The first-order chi connectivity index (χ1) is 8.90. The first-order valence-electron chi connectivity index (χ1n) is 5.47. The van der Waals surface area contributed by atoms with Gasteiger partial charge in [-0.05, 0) is 11.5 Å². The van der Waals surface area contributed by atoms with Crippen molar-refractivity contribution >= 4 is 22.6 Å². The number of imidazole rings is 1. The number of nitrogens with zero attached hydrogens (tertiary/aromatic N) is 3. The zero-order chi connectivity index (χ0) is 11.9. The third-order valence-electron chi connectivity index (χ3n) is 2.74. The molecule has 1 N–H and O–H groups in total. The van der Waals surface area contributed by atoms with Crippen LogP contribution in [-0.2, 0) is 0 Å². The molecule has 18 heavy (non-hydrogen) atoms. The lowest BCUT2D eigenvalue weighted by atomic mass is 10.2. The fraction of sp³-hybridized carbons (Fsp3) is 0.182. The predicted octanol–water partition coefficient (Wildman–Crippen LogP) is 1.85. The second-order valence-corrected chi connectivity index (χ2v) is 4.67. The quantitative estimate of drug-likeness (QED) is 0.723. The summed E-state index contributed by atoms with van der Waals surface area (Å²) < 4.78 is 14.9. The van der Waals surface area contributed by atoms with Crippen molar-refractivity contribution in [2.24, 2.45) is 0 Å². The van der Waals surface area contributed by atoms with Crippen LogP contribution in [0.3, 0.4) is 0 Å². The molecule has 90 valence electrons. The van der Waals surface area contributed by atoms with E-state index in [0.717, 1.165) is 33.2 Å². The number of nitrogens with one attached hydrogen (secondary N) is 1. The van der Waals surface area contributed by atoms with Crippen LogP contribution in [0.1, 0.15) is 0 Å². The molecule has 3 aromatic rings. The largest absolute Gasteiger partial charge is 0.486 e. The van der Waals surface area contributed by atoms with Crippen molar-refractivity contribution in [3.63, 3.8) is 0 Å². The van der Waals surface area contributed by atoms with Gasteiger partial charge in [-0.25, -0.2) is 4.98 Å². The topological polar surface area (TPSA) is 72.9 Å². The molecule has 0 radical (unpaired) electrons. The van der Waals surface area contributed by atoms with E-state index in [9.17, 15) is 0 Å². The highest BCUT2D eigenvalue weighted by atomic mass is 32.1. The molecule has 2 aromatic heterocycles. The Hall–Kier alpha value is -2.15. The number of hydrogen-bond acceptors (Lipinski definition) is 6. The van der Waals surface area contributed by atoms with Crippen LogP contribution in [0.15, 0.2) is 18.3 Å². The van der Waals surface area contributed by atoms with Gasteiger partial charge in [0.2, 0.25) is 0 Å². The van der Waals surface area contributed by atoms with Gasteiger partial charge in [0.05, 0.1) is 17.2 Å². The van der Waals surface area contributed by atoms with E-state index in [0.29, 0.717) is 13.2 Å². The summed E-state index contributed by atoms with van der Waals surface area (Å²) in [5.74, 6) is 2.27. The first kappa shape index (κ1) is 9.84. The van der Waals surface area contributed by atoms with Crippen molar-refractivity contribution in [3.05, 3.63) is 18.3 Å². The lowest BCUT2D eigenvalue weighted by Gasteiger charge is -2.17. The minimum Gasteiger partial charge on any atom is -0.486 e. The van der Waals surface area contributed by atoms with Gasteiger partial charge in [0.1, 0.15) is 18.1 Å². The van der Waals surface area contributed by atoms with Crippen molar-refractivity contribution in [1.82, 2.24) is 19.6 Å². The third kappa shape index (κ3) is 1.44. The maximum Gasteiger partial charge on any atom is 0.163 e. The molecule has 0 aliphatic carbocycles. The van der Waals surface area contributed by atoms with Gasteiger partial charge in [-0.15, -0.1) is 5.10 Å². The molecule has 1 aliphatic rings. The van der Waals surface area contributed by atoms with E-state index in [1.54, 1.807) is 6.20 Å². The van der Waals surface area contributed by atoms with E-state index in [4.69, 9.17) is 9.47 Å². The summed E-state index contributed by atoms with van der Waals surface area (Å²) in [6.45, 7) is 1.16. The lowest BCUT2D eigenvalue weighted by Crippen LogP contribution is -2.15. The molecule has 0 saturated carbocycles. The molecule has 0 fully saturated rings. The van der Waals surface area contributed by atoms with Gasteiger partial charge >= 0.3 is 0 Å². The van der Waals surface area contributed by atoms with Gasteiger partial charge in [-0.2, -0.15) is 0 Å². The highest BCUT2D eigenvalue weighted by Crippen LogP contribution is 2.34. The molecule has 0 bridgehead atoms. The van der Waals surface area contributed by atoms with Crippen LogP contribution >= 0.6 is 11.5 Å². The number of aromatic amines is 1. The van der Waals surface area contributed by atoms with E-state index in [1.807, 2.05) is 12.1 Å². The van der Waals surface area contributed by atoms with Crippen LogP contribution in [-0.4, -0.2) is 32.8 Å². The van der Waals surface area contributed by atoms with Gasteiger partial charge in [-0.3, -0.25) is 0 Å². The summed E-state index contributed by atoms with van der Waals surface area (Å²) in [6, 6.07) is 3.80. The molecule has 0 spiro atoms. The van der Waals surface area contributed by atoms with E-state index in [-0.39, 0.29) is 0 Å². The Labute approximate surface area is 106 Å². The van der Waals surface area contributed by atoms with E-state index >= 15 is 0 Å².